The quantitative estimate of drug-likeness (QED) is 0.697. The average Bonchev–Trinajstić information content (AvgIpc) is 2.79. The third kappa shape index (κ3) is 4.45. The molecule has 2 fully saturated rings. The van der Waals surface area contributed by atoms with Gasteiger partial charge in [-0.25, -0.2) is 4.98 Å². The molecule has 0 aliphatic carbocycles. The van der Waals surface area contributed by atoms with Crippen molar-refractivity contribution in [1.29, 1.82) is 0 Å². The van der Waals surface area contributed by atoms with Gasteiger partial charge in [-0.1, -0.05) is 11.6 Å². The summed E-state index contributed by atoms with van der Waals surface area (Å²) >= 11 is 5.92. The summed E-state index contributed by atoms with van der Waals surface area (Å²) in [4.78, 5) is 34.6. The number of carbonyl (C=O) groups is 2. The van der Waals surface area contributed by atoms with Crippen molar-refractivity contribution in [2.24, 2.45) is 5.92 Å². The number of nitrogens with zero attached hydrogens (tertiary/aromatic N) is 3. The predicted molar refractivity (Wildman–Crippen MR) is 115 cm³/mol. The van der Waals surface area contributed by atoms with Gasteiger partial charge < -0.3 is 9.80 Å². The first kappa shape index (κ1) is 19.9. The molecule has 1 aromatic carbocycles. The summed E-state index contributed by atoms with van der Waals surface area (Å²) in [6.45, 7) is 3.10. The highest BCUT2D eigenvalue weighted by atomic mass is 35.5. The van der Waals surface area contributed by atoms with E-state index in [4.69, 9.17) is 11.6 Å². The van der Waals surface area contributed by atoms with Gasteiger partial charge in [0.15, 0.2) is 5.78 Å². The molecule has 5 nitrogen and oxygen atoms in total. The first-order chi connectivity index (χ1) is 14.1. The van der Waals surface area contributed by atoms with E-state index in [2.05, 4.69) is 9.88 Å². The second-order valence-electron chi connectivity index (χ2n) is 7.86. The van der Waals surface area contributed by atoms with Crippen LogP contribution in [-0.4, -0.2) is 47.8 Å². The Hall–Kier alpha value is -2.40. The number of hydrogen-bond donors (Lipinski definition) is 0. The first-order valence-electron chi connectivity index (χ1n) is 10.4. The maximum atomic E-state index is 13.2. The van der Waals surface area contributed by atoms with E-state index >= 15 is 0 Å². The highest BCUT2D eigenvalue weighted by Crippen LogP contribution is 2.27. The van der Waals surface area contributed by atoms with Crippen LogP contribution in [0.4, 0.5) is 5.82 Å². The van der Waals surface area contributed by atoms with Gasteiger partial charge in [-0.15, -0.1) is 0 Å². The number of hydrogen-bond acceptors (Lipinski definition) is 4. The van der Waals surface area contributed by atoms with Crippen molar-refractivity contribution in [2.45, 2.75) is 32.1 Å². The summed E-state index contributed by atoms with van der Waals surface area (Å²) in [5.74, 6) is 0.924. The maximum Gasteiger partial charge on any atom is 0.257 e. The summed E-state index contributed by atoms with van der Waals surface area (Å²) in [5, 5.41) is 0.628. The van der Waals surface area contributed by atoms with Crippen molar-refractivity contribution in [3.63, 3.8) is 0 Å². The molecule has 2 aliphatic heterocycles. The topological polar surface area (TPSA) is 53.5 Å². The molecule has 1 aromatic heterocycles. The van der Waals surface area contributed by atoms with Crippen LogP contribution in [0.5, 0.6) is 0 Å². The van der Waals surface area contributed by atoms with Gasteiger partial charge in [0.25, 0.3) is 5.91 Å². The molecule has 152 valence electrons. The molecular weight excluding hydrogens is 386 g/mol. The van der Waals surface area contributed by atoms with Gasteiger partial charge in [0, 0.05) is 48.9 Å². The lowest BCUT2D eigenvalue weighted by Crippen LogP contribution is -2.41. The van der Waals surface area contributed by atoms with Crippen LogP contribution in [0, 0.1) is 5.92 Å². The summed E-state index contributed by atoms with van der Waals surface area (Å²) in [6, 6.07) is 10.8. The summed E-state index contributed by atoms with van der Waals surface area (Å²) < 4.78 is 0. The van der Waals surface area contributed by atoms with Gasteiger partial charge in [-0.05, 0) is 68.5 Å². The monoisotopic (exact) mass is 411 g/mol. The van der Waals surface area contributed by atoms with Crippen molar-refractivity contribution in [3.8, 4) is 0 Å². The Bertz CT molecular complexity index is 870. The van der Waals surface area contributed by atoms with Gasteiger partial charge in [0.1, 0.15) is 5.82 Å². The molecule has 29 heavy (non-hydrogen) atoms. The van der Waals surface area contributed by atoms with Gasteiger partial charge in [0.2, 0.25) is 0 Å². The fourth-order valence-corrected chi connectivity index (χ4v) is 4.41. The molecule has 6 heteroatoms. The third-order valence-electron chi connectivity index (χ3n) is 5.95. The molecular formula is C23H26ClN3O2. The van der Waals surface area contributed by atoms with Gasteiger partial charge in [-0.2, -0.15) is 0 Å². The van der Waals surface area contributed by atoms with E-state index in [9.17, 15) is 9.59 Å². The molecule has 0 N–H and O–H groups in total. The summed E-state index contributed by atoms with van der Waals surface area (Å²) in [7, 11) is 0. The Labute approximate surface area is 176 Å². The smallest absolute Gasteiger partial charge is 0.257 e. The maximum absolute atomic E-state index is 13.2. The summed E-state index contributed by atoms with van der Waals surface area (Å²) in [5.41, 5.74) is 1.37. The Morgan fingerprint density at radius 1 is 0.931 bits per heavy atom. The molecule has 0 unspecified atom stereocenters. The second-order valence-corrected chi connectivity index (χ2v) is 8.30. The molecule has 0 radical (unpaired) electrons. The lowest BCUT2D eigenvalue weighted by molar-refractivity contribution is 0.0650. The zero-order chi connectivity index (χ0) is 20.2. The lowest BCUT2D eigenvalue weighted by atomic mass is 9.88. The number of amides is 1. The number of likely N-dealkylation sites (tertiary alicyclic amines) is 1. The van der Waals surface area contributed by atoms with Crippen molar-refractivity contribution in [3.05, 3.63) is 58.7 Å². The van der Waals surface area contributed by atoms with E-state index in [-0.39, 0.29) is 17.6 Å². The van der Waals surface area contributed by atoms with Crippen LogP contribution in [0.15, 0.2) is 42.6 Å². The van der Waals surface area contributed by atoms with Crippen LogP contribution >= 0.6 is 11.6 Å². The number of aromatic nitrogens is 1. The molecule has 3 heterocycles. The van der Waals surface area contributed by atoms with Gasteiger partial charge in [0.05, 0.1) is 5.56 Å². The Balaban J connectivity index is 1.42. The Kier molecular flexibility index (Phi) is 6.14. The zero-order valence-electron chi connectivity index (χ0n) is 16.5. The average molecular weight is 412 g/mol. The number of benzene rings is 1. The zero-order valence-corrected chi connectivity index (χ0v) is 17.3. The molecule has 0 saturated carbocycles. The molecule has 0 bridgehead atoms. The normalized spacial score (nSPS) is 18.0. The van der Waals surface area contributed by atoms with Gasteiger partial charge in [-0.3, -0.25) is 9.59 Å². The number of pyridine rings is 1. The van der Waals surface area contributed by atoms with E-state index in [1.807, 2.05) is 17.0 Å². The van der Waals surface area contributed by atoms with E-state index < -0.39 is 0 Å². The molecule has 2 saturated heterocycles. The summed E-state index contributed by atoms with van der Waals surface area (Å²) in [6.07, 6.45) is 6.66. The molecule has 0 atom stereocenters. The number of carbonyl (C=O) groups excluding carboxylic acids is 2. The second kappa shape index (κ2) is 8.95. The number of piperidine rings is 2. The third-order valence-corrected chi connectivity index (χ3v) is 6.21. The fourth-order valence-electron chi connectivity index (χ4n) is 4.29. The first-order valence-corrected chi connectivity index (χ1v) is 10.8. The SMILES string of the molecule is O=C(c1ccc(Cl)cc1)C1CCN(C(=O)c2cccnc2N2CCCCC2)CC1. The largest absolute Gasteiger partial charge is 0.356 e. The molecule has 2 aromatic rings. The van der Waals surface area contributed by atoms with Gasteiger partial charge >= 0.3 is 0 Å². The highest BCUT2D eigenvalue weighted by Gasteiger charge is 2.30. The van der Waals surface area contributed by atoms with Crippen molar-refractivity contribution in [1.82, 2.24) is 9.88 Å². The molecule has 2 aliphatic rings. The van der Waals surface area contributed by atoms with Crippen LogP contribution < -0.4 is 4.90 Å². The van der Waals surface area contributed by atoms with Crippen molar-refractivity contribution >= 4 is 29.1 Å². The van der Waals surface area contributed by atoms with E-state index in [1.54, 1.807) is 30.5 Å². The number of rotatable bonds is 4. The predicted octanol–water partition coefficient (Wildman–Crippen LogP) is 4.46. The fraction of sp³-hybridized carbons (Fsp3) is 0.435. The Morgan fingerprint density at radius 2 is 1.62 bits per heavy atom. The van der Waals surface area contributed by atoms with E-state index in [1.165, 1.54) is 6.42 Å². The minimum absolute atomic E-state index is 0.0241. The number of anilines is 1. The Morgan fingerprint density at radius 3 is 2.31 bits per heavy atom. The highest BCUT2D eigenvalue weighted by molar-refractivity contribution is 6.30. The van der Waals surface area contributed by atoms with E-state index in [0.29, 0.717) is 42.1 Å². The number of ketones is 1. The van der Waals surface area contributed by atoms with E-state index in [0.717, 1.165) is 31.7 Å². The molecule has 4 rings (SSSR count). The molecule has 0 spiro atoms. The standard InChI is InChI=1S/C23H26ClN3O2/c24-19-8-6-17(7-9-19)21(28)18-10-15-27(16-11-18)23(29)20-5-4-12-25-22(20)26-13-2-1-3-14-26/h4-9,12,18H,1-3,10-11,13-16H2. The van der Waals surface area contributed by atoms with Crippen LogP contribution in [0.3, 0.4) is 0 Å². The van der Waals surface area contributed by atoms with Crippen LogP contribution in [-0.2, 0) is 0 Å². The van der Waals surface area contributed by atoms with Crippen LogP contribution in [0.25, 0.3) is 0 Å². The number of halogens is 1. The molecule has 1 amide bonds. The van der Waals surface area contributed by atoms with Crippen molar-refractivity contribution < 1.29 is 9.59 Å². The number of Topliss-reactive ketones (excluding diaryl/α,β-unsaturated/α-hetero) is 1. The minimum Gasteiger partial charge on any atom is -0.356 e. The minimum atomic E-state index is -0.0457. The van der Waals surface area contributed by atoms with Crippen LogP contribution in [0.1, 0.15) is 52.8 Å². The van der Waals surface area contributed by atoms with Crippen molar-refractivity contribution in [2.75, 3.05) is 31.1 Å². The lowest BCUT2D eigenvalue weighted by Gasteiger charge is -2.33. The van der Waals surface area contributed by atoms with Crippen LogP contribution in [0.2, 0.25) is 5.02 Å².